The van der Waals surface area contributed by atoms with Crippen molar-refractivity contribution in [1.29, 1.82) is 0 Å². The predicted octanol–water partition coefficient (Wildman–Crippen LogP) is 2.96. The number of aromatic nitrogens is 6. The Hall–Kier alpha value is -3.07. The second kappa shape index (κ2) is 6.48. The molecule has 1 saturated carbocycles. The van der Waals surface area contributed by atoms with Gasteiger partial charge < -0.3 is 9.09 Å². The van der Waals surface area contributed by atoms with E-state index in [0.717, 1.165) is 0 Å². The van der Waals surface area contributed by atoms with Crippen LogP contribution in [0.4, 0.5) is 4.39 Å². The first kappa shape index (κ1) is 18.0. The van der Waals surface area contributed by atoms with Crippen molar-refractivity contribution in [3.8, 4) is 0 Å². The van der Waals surface area contributed by atoms with Crippen molar-refractivity contribution in [2.45, 2.75) is 31.0 Å². The molecule has 0 atom stereocenters. The van der Waals surface area contributed by atoms with E-state index in [9.17, 15) is 4.79 Å². The molecule has 0 radical (unpaired) electrons. The largest absolute Gasteiger partial charge is 0.337 e. The fourth-order valence-corrected chi connectivity index (χ4v) is 3.84. The maximum Gasteiger partial charge on any atom is 0.280 e. The summed E-state index contributed by atoms with van der Waals surface area (Å²) in [5, 5.41) is 4.55. The van der Waals surface area contributed by atoms with E-state index in [1.807, 2.05) is 0 Å². The third-order valence-electron chi connectivity index (χ3n) is 5.36. The third-order valence-corrected chi connectivity index (χ3v) is 5.61. The molecule has 3 aromatic heterocycles. The van der Waals surface area contributed by atoms with Crippen LogP contribution in [0.2, 0.25) is 5.02 Å². The quantitative estimate of drug-likeness (QED) is 0.510. The van der Waals surface area contributed by atoms with Gasteiger partial charge in [-0.25, -0.2) is 14.4 Å². The Balaban J connectivity index is 1.32. The summed E-state index contributed by atoms with van der Waals surface area (Å²) < 4.78 is 23.4. The van der Waals surface area contributed by atoms with Crippen LogP contribution in [0.3, 0.4) is 0 Å². The molecule has 29 heavy (non-hydrogen) atoms. The molecule has 0 spiro atoms. The molecule has 8 nitrogen and oxygen atoms in total. The van der Waals surface area contributed by atoms with E-state index in [4.69, 9.17) is 16.1 Å². The van der Waals surface area contributed by atoms with Crippen LogP contribution in [-0.4, -0.2) is 29.2 Å². The molecule has 1 aromatic carbocycles. The summed E-state index contributed by atoms with van der Waals surface area (Å²) in [6.45, 7) is 0.0879. The van der Waals surface area contributed by atoms with Gasteiger partial charge in [-0.05, 0) is 30.5 Å². The molecule has 1 aliphatic rings. The minimum absolute atomic E-state index is 0.0879. The number of imidazole rings is 1. The molecule has 5 rings (SSSR count). The van der Waals surface area contributed by atoms with Crippen LogP contribution in [0.15, 0.2) is 46.2 Å². The molecule has 0 bridgehead atoms. The first-order valence-corrected chi connectivity index (χ1v) is 9.45. The zero-order chi connectivity index (χ0) is 20.2. The summed E-state index contributed by atoms with van der Waals surface area (Å²) in [6.07, 6.45) is 3.49. The van der Waals surface area contributed by atoms with Crippen LogP contribution in [0, 0.1) is 0 Å². The Morgan fingerprint density at radius 2 is 1.97 bits per heavy atom. The van der Waals surface area contributed by atoms with Crippen LogP contribution < -0.4 is 5.56 Å². The van der Waals surface area contributed by atoms with E-state index in [0.29, 0.717) is 27.6 Å². The second-order valence-corrected chi connectivity index (χ2v) is 7.77. The van der Waals surface area contributed by atoms with Gasteiger partial charge >= 0.3 is 0 Å². The Morgan fingerprint density at radius 3 is 2.72 bits per heavy atom. The first-order valence-electron chi connectivity index (χ1n) is 9.07. The van der Waals surface area contributed by atoms with Crippen molar-refractivity contribution in [3.05, 3.63) is 69.6 Å². The summed E-state index contributed by atoms with van der Waals surface area (Å²) in [5.74, 6) is 0.584. The van der Waals surface area contributed by atoms with Gasteiger partial charge in [0, 0.05) is 18.0 Å². The molecule has 0 aliphatic heterocycles. The van der Waals surface area contributed by atoms with Gasteiger partial charge in [-0.15, -0.1) is 0 Å². The molecule has 0 unspecified atom stereocenters. The summed E-state index contributed by atoms with van der Waals surface area (Å²) >= 11 is 5.87. The SMILES string of the molecule is Cn1cnc2ncn(Cc3nc(C4CC(F)(c5ccc(Cl)cc5)C4)no3)c(=O)c21. The highest BCUT2D eigenvalue weighted by Crippen LogP contribution is 2.53. The minimum Gasteiger partial charge on any atom is -0.337 e. The van der Waals surface area contributed by atoms with E-state index >= 15 is 4.39 Å². The van der Waals surface area contributed by atoms with Crippen molar-refractivity contribution in [2.75, 3.05) is 0 Å². The van der Waals surface area contributed by atoms with Gasteiger partial charge in [0.05, 0.1) is 6.33 Å². The molecule has 1 fully saturated rings. The second-order valence-electron chi connectivity index (χ2n) is 7.33. The average Bonchev–Trinajstić information content (AvgIpc) is 3.29. The van der Waals surface area contributed by atoms with E-state index in [-0.39, 0.29) is 36.8 Å². The molecular formula is C19H16ClFN6O2. The van der Waals surface area contributed by atoms with Crippen molar-refractivity contribution < 1.29 is 8.91 Å². The molecule has 1 aliphatic carbocycles. The summed E-state index contributed by atoms with van der Waals surface area (Å²) in [7, 11) is 1.73. The van der Waals surface area contributed by atoms with E-state index in [1.165, 1.54) is 17.2 Å². The van der Waals surface area contributed by atoms with E-state index in [2.05, 4.69) is 20.1 Å². The van der Waals surface area contributed by atoms with Crippen LogP contribution in [0.1, 0.15) is 36.0 Å². The molecular weight excluding hydrogens is 399 g/mol. The lowest BCUT2D eigenvalue weighted by molar-refractivity contribution is 0.0336. The van der Waals surface area contributed by atoms with Crippen LogP contribution >= 0.6 is 11.6 Å². The molecule has 3 heterocycles. The van der Waals surface area contributed by atoms with Crippen molar-refractivity contribution in [3.63, 3.8) is 0 Å². The maximum atomic E-state index is 15.1. The zero-order valence-corrected chi connectivity index (χ0v) is 16.2. The lowest BCUT2D eigenvalue weighted by atomic mass is 9.68. The average molecular weight is 415 g/mol. The lowest BCUT2D eigenvalue weighted by Gasteiger charge is -2.40. The van der Waals surface area contributed by atoms with Crippen LogP contribution in [-0.2, 0) is 19.3 Å². The van der Waals surface area contributed by atoms with E-state index in [1.54, 1.807) is 35.9 Å². The molecule has 0 amide bonds. The normalized spacial score (nSPS) is 21.4. The van der Waals surface area contributed by atoms with Gasteiger partial charge in [-0.1, -0.05) is 28.9 Å². The standard InChI is InChI=1S/C19H16ClFN6O2/c1-26-9-22-17-15(26)18(28)27(10-23-17)8-14-24-16(25-29-14)11-6-19(21,7-11)12-2-4-13(20)5-3-12/h2-5,9-11H,6-8H2,1H3. The van der Waals surface area contributed by atoms with Gasteiger partial charge in [-0.3, -0.25) is 9.36 Å². The fraction of sp³-hybridized carbons (Fsp3) is 0.316. The number of fused-ring (bicyclic) bond motifs is 1. The summed E-state index contributed by atoms with van der Waals surface area (Å²) in [5.41, 5.74) is -0.276. The van der Waals surface area contributed by atoms with Gasteiger partial charge in [0.25, 0.3) is 5.56 Å². The Kier molecular flexibility index (Phi) is 4.02. The highest BCUT2D eigenvalue weighted by atomic mass is 35.5. The third kappa shape index (κ3) is 3.02. The highest BCUT2D eigenvalue weighted by molar-refractivity contribution is 6.30. The number of hydrogen-bond donors (Lipinski definition) is 0. The zero-order valence-electron chi connectivity index (χ0n) is 15.4. The minimum atomic E-state index is -1.42. The van der Waals surface area contributed by atoms with Gasteiger partial charge in [0.15, 0.2) is 17.0 Å². The lowest BCUT2D eigenvalue weighted by Crippen LogP contribution is -2.36. The number of rotatable bonds is 4. The highest BCUT2D eigenvalue weighted by Gasteiger charge is 2.48. The molecule has 4 aromatic rings. The number of halogens is 2. The van der Waals surface area contributed by atoms with Crippen LogP contribution in [0.5, 0.6) is 0 Å². The molecule has 10 heteroatoms. The fourth-order valence-electron chi connectivity index (χ4n) is 3.72. The molecule has 148 valence electrons. The van der Waals surface area contributed by atoms with Crippen molar-refractivity contribution >= 4 is 22.8 Å². The monoisotopic (exact) mass is 414 g/mol. The number of aryl methyl sites for hydroxylation is 1. The number of alkyl halides is 1. The number of benzene rings is 1. The Morgan fingerprint density at radius 1 is 1.24 bits per heavy atom. The topological polar surface area (TPSA) is 91.6 Å². The van der Waals surface area contributed by atoms with Gasteiger partial charge in [-0.2, -0.15) is 4.98 Å². The summed E-state index contributed by atoms with van der Waals surface area (Å²) in [6, 6.07) is 6.77. The van der Waals surface area contributed by atoms with Gasteiger partial charge in [0.1, 0.15) is 18.5 Å². The van der Waals surface area contributed by atoms with Gasteiger partial charge in [0.2, 0.25) is 5.89 Å². The smallest absolute Gasteiger partial charge is 0.280 e. The maximum absolute atomic E-state index is 15.1. The Bertz CT molecular complexity index is 1260. The predicted molar refractivity (Wildman–Crippen MR) is 102 cm³/mol. The number of nitrogens with zero attached hydrogens (tertiary/aromatic N) is 6. The summed E-state index contributed by atoms with van der Waals surface area (Å²) in [4.78, 5) is 25.2. The van der Waals surface area contributed by atoms with Crippen molar-refractivity contribution in [1.82, 2.24) is 29.2 Å². The Labute approximate surface area is 169 Å². The van der Waals surface area contributed by atoms with E-state index < -0.39 is 5.67 Å². The molecule has 0 N–H and O–H groups in total. The molecule has 0 saturated heterocycles. The van der Waals surface area contributed by atoms with Crippen LogP contribution in [0.25, 0.3) is 11.2 Å². The number of hydrogen-bond acceptors (Lipinski definition) is 6. The first-order chi connectivity index (χ1) is 13.9. The van der Waals surface area contributed by atoms with Crippen molar-refractivity contribution in [2.24, 2.45) is 7.05 Å².